The second-order valence-corrected chi connectivity index (χ2v) is 15.9. The number of ketones is 1. The molecule has 0 fully saturated rings. The molecular weight excluding hydrogens is 572 g/mol. The molecule has 0 N–H and O–H groups in total. The molecule has 2 rings (SSSR count). The molecule has 0 aromatic heterocycles. The molecule has 0 bridgehead atoms. The molecule has 3 atom stereocenters. The quantitative estimate of drug-likeness (QED) is 0.0760. The van der Waals surface area contributed by atoms with Crippen LogP contribution in [-0.4, -0.2) is 29.6 Å². The summed E-state index contributed by atoms with van der Waals surface area (Å²) in [4.78, 5) is 25.7. The number of benzene rings is 1. The van der Waals surface area contributed by atoms with Crippen LogP contribution in [0.3, 0.4) is 0 Å². The SMILES string of the molecule is C=C(C)CCOC(C)(C)C(=O)CCC(=O)Oc1c(C)c(C)c2c(c1C)CC[C@@](C)(CCC[C@H](C)CCC[C@H](C)CCCC(C)C)O2. The molecule has 262 valence electrons. The lowest BCUT2D eigenvalue weighted by atomic mass is 9.83. The largest absolute Gasteiger partial charge is 0.487 e. The van der Waals surface area contributed by atoms with Crippen molar-refractivity contribution in [2.24, 2.45) is 17.8 Å². The molecule has 0 saturated carbocycles. The van der Waals surface area contributed by atoms with Crippen LogP contribution >= 0.6 is 0 Å². The van der Waals surface area contributed by atoms with E-state index in [1.165, 1.54) is 51.4 Å². The summed E-state index contributed by atoms with van der Waals surface area (Å²) in [6.07, 6.45) is 14.3. The predicted molar refractivity (Wildman–Crippen MR) is 192 cm³/mol. The highest BCUT2D eigenvalue weighted by molar-refractivity contribution is 5.89. The van der Waals surface area contributed by atoms with E-state index in [1.807, 2.05) is 20.8 Å². The summed E-state index contributed by atoms with van der Waals surface area (Å²) in [6.45, 7) is 27.6. The second kappa shape index (κ2) is 18.4. The fourth-order valence-electron chi connectivity index (χ4n) is 6.66. The van der Waals surface area contributed by atoms with Gasteiger partial charge >= 0.3 is 5.97 Å². The topological polar surface area (TPSA) is 61.8 Å². The minimum atomic E-state index is -0.947. The minimum Gasteiger partial charge on any atom is -0.487 e. The van der Waals surface area contributed by atoms with Crippen LogP contribution in [0.2, 0.25) is 0 Å². The van der Waals surface area contributed by atoms with Gasteiger partial charge in [0.1, 0.15) is 22.7 Å². The Kier molecular flexibility index (Phi) is 16.0. The maximum atomic E-state index is 12.9. The fraction of sp³-hybridized carbons (Fsp3) is 0.756. The third-order valence-corrected chi connectivity index (χ3v) is 10.3. The van der Waals surface area contributed by atoms with Gasteiger partial charge in [0.25, 0.3) is 0 Å². The van der Waals surface area contributed by atoms with Crippen molar-refractivity contribution in [3.05, 3.63) is 34.4 Å². The lowest BCUT2D eigenvalue weighted by Crippen LogP contribution is -2.37. The molecule has 0 aliphatic carbocycles. The molecule has 0 saturated heterocycles. The van der Waals surface area contributed by atoms with Gasteiger partial charge in [-0.3, -0.25) is 9.59 Å². The van der Waals surface area contributed by atoms with Crippen molar-refractivity contribution >= 4 is 11.8 Å². The van der Waals surface area contributed by atoms with Gasteiger partial charge in [0.15, 0.2) is 5.78 Å². The van der Waals surface area contributed by atoms with Gasteiger partial charge < -0.3 is 14.2 Å². The smallest absolute Gasteiger partial charge is 0.311 e. The van der Waals surface area contributed by atoms with Crippen LogP contribution in [0.1, 0.15) is 161 Å². The van der Waals surface area contributed by atoms with Crippen LogP contribution < -0.4 is 9.47 Å². The van der Waals surface area contributed by atoms with Gasteiger partial charge in [0.2, 0.25) is 0 Å². The number of fused-ring (bicyclic) bond motifs is 1. The summed E-state index contributed by atoms with van der Waals surface area (Å²) in [5, 5.41) is 0. The first kappa shape index (κ1) is 40.0. The molecular formula is C41H68O5. The zero-order chi connectivity index (χ0) is 34.7. The average molecular weight is 641 g/mol. The van der Waals surface area contributed by atoms with Crippen molar-refractivity contribution in [3.8, 4) is 11.5 Å². The maximum absolute atomic E-state index is 12.9. The van der Waals surface area contributed by atoms with E-state index in [0.717, 1.165) is 70.6 Å². The number of hydrogen-bond acceptors (Lipinski definition) is 5. The van der Waals surface area contributed by atoms with Gasteiger partial charge in [-0.1, -0.05) is 78.2 Å². The molecule has 46 heavy (non-hydrogen) atoms. The Morgan fingerprint density at radius 1 is 0.870 bits per heavy atom. The van der Waals surface area contributed by atoms with Crippen LogP contribution in [0.15, 0.2) is 12.2 Å². The zero-order valence-corrected chi connectivity index (χ0v) is 31.6. The van der Waals surface area contributed by atoms with Gasteiger partial charge in [-0.05, 0) is 115 Å². The Hall–Kier alpha value is -2.14. The summed E-state index contributed by atoms with van der Waals surface area (Å²) in [5.74, 6) is 3.49. The molecule has 5 heteroatoms. The van der Waals surface area contributed by atoms with E-state index >= 15 is 0 Å². The van der Waals surface area contributed by atoms with Crippen molar-refractivity contribution in [2.45, 2.75) is 177 Å². The summed E-state index contributed by atoms with van der Waals surface area (Å²) in [6, 6.07) is 0. The van der Waals surface area contributed by atoms with Gasteiger partial charge in [0.05, 0.1) is 13.0 Å². The standard InChI is InChI=1S/C41H68O5/c1-28(2)16-13-17-30(5)18-14-19-31(6)20-15-25-41(12)26-23-35-34(9)38(32(7)33(8)39(35)46-41)45-37(43)22-21-36(42)40(10,11)44-27-24-29(3)4/h28,30-31H,3,13-27H2,1-2,4-12H3/t30-,31-,41-/m1/s1. The number of esters is 1. The first-order valence-electron chi connectivity index (χ1n) is 18.3. The first-order valence-corrected chi connectivity index (χ1v) is 18.3. The summed E-state index contributed by atoms with van der Waals surface area (Å²) < 4.78 is 18.5. The second-order valence-electron chi connectivity index (χ2n) is 15.9. The highest BCUT2D eigenvalue weighted by Crippen LogP contribution is 2.45. The molecule has 0 radical (unpaired) electrons. The average Bonchev–Trinajstić information content (AvgIpc) is 2.96. The van der Waals surface area contributed by atoms with Gasteiger partial charge in [-0.15, -0.1) is 6.58 Å². The van der Waals surface area contributed by atoms with E-state index in [4.69, 9.17) is 14.2 Å². The van der Waals surface area contributed by atoms with Crippen molar-refractivity contribution in [2.75, 3.05) is 6.61 Å². The first-order chi connectivity index (χ1) is 21.5. The molecule has 1 heterocycles. The third kappa shape index (κ3) is 12.8. The van der Waals surface area contributed by atoms with Crippen molar-refractivity contribution in [1.29, 1.82) is 0 Å². The van der Waals surface area contributed by atoms with Crippen molar-refractivity contribution in [3.63, 3.8) is 0 Å². The monoisotopic (exact) mass is 641 g/mol. The van der Waals surface area contributed by atoms with E-state index in [2.05, 4.69) is 48.1 Å². The molecule has 1 aliphatic heterocycles. The van der Waals surface area contributed by atoms with E-state index in [9.17, 15) is 9.59 Å². The van der Waals surface area contributed by atoms with E-state index in [-0.39, 0.29) is 24.2 Å². The predicted octanol–water partition coefficient (Wildman–Crippen LogP) is 11.2. The Labute approximate surface area is 282 Å². The van der Waals surface area contributed by atoms with E-state index in [0.29, 0.717) is 18.8 Å². The zero-order valence-electron chi connectivity index (χ0n) is 31.6. The number of Topliss-reactive ketones (excluding diaryl/α,β-unsaturated/α-hetero) is 1. The Morgan fingerprint density at radius 3 is 2.04 bits per heavy atom. The van der Waals surface area contributed by atoms with Crippen LogP contribution in [0.5, 0.6) is 11.5 Å². The Morgan fingerprint density at radius 2 is 1.46 bits per heavy atom. The summed E-state index contributed by atoms with van der Waals surface area (Å²) in [5.41, 5.74) is 3.95. The third-order valence-electron chi connectivity index (χ3n) is 10.3. The highest BCUT2D eigenvalue weighted by atomic mass is 16.5. The van der Waals surface area contributed by atoms with E-state index in [1.54, 1.807) is 13.8 Å². The minimum absolute atomic E-state index is 0.0193. The summed E-state index contributed by atoms with van der Waals surface area (Å²) in [7, 11) is 0. The highest BCUT2D eigenvalue weighted by Gasteiger charge is 2.35. The number of carbonyl (C=O) groups excluding carboxylic acids is 2. The van der Waals surface area contributed by atoms with Crippen molar-refractivity contribution < 1.29 is 23.8 Å². The van der Waals surface area contributed by atoms with E-state index < -0.39 is 11.6 Å². The number of carbonyl (C=O) groups is 2. The fourth-order valence-corrected chi connectivity index (χ4v) is 6.66. The molecule has 5 nitrogen and oxygen atoms in total. The van der Waals surface area contributed by atoms with Crippen molar-refractivity contribution in [1.82, 2.24) is 0 Å². The van der Waals surface area contributed by atoms with Gasteiger partial charge in [0, 0.05) is 12.0 Å². The molecule has 0 amide bonds. The molecule has 1 aromatic rings. The van der Waals surface area contributed by atoms with Gasteiger partial charge in [-0.2, -0.15) is 0 Å². The number of rotatable bonds is 21. The van der Waals surface area contributed by atoms with Crippen LogP contribution in [-0.2, 0) is 20.7 Å². The summed E-state index contributed by atoms with van der Waals surface area (Å²) >= 11 is 0. The molecule has 1 aromatic carbocycles. The van der Waals surface area contributed by atoms with Gasteiger partial charge in [-0.25, -0.2) is 0 Å². The lowest BCUT2D eigenvalue weighted by Gasteiger charge is -2.38. The maximum Gasteiger partial charge on any atom is 0.311 e. The molecule has 0 unspecified atom stereocenters. The van der Waals surface area contributed by atoms with Crippen LogP contribution in [0, 0.1) is 38.5 Å². The molecule has 1 aliphatic rings. The van der Waals surface area contributed by atoms with Crippen LogP contribution in [0.4, 0.5) is 0 Å². The van der Waals surface area contributed by atoms with Crippen LogP contribution in [0.25, 0.3) is 0 Å². The Bertz CT molecular complexity index is 1160. The lowest BCUT2D eigenvalue weighted by molar-refractivity contribution is -0.143. The molecule has 0 spiro atoms. The normalized spacial score (nSPS) is 17.7. The number of ether oxygens (including phenoxy) is 3. The Balaban J connectivity index is 1.89. The number of hydrogen-bond donors (Lipinski definition) is 0.